The molecule has 4 aromatic rings. The van der Waals surface area contributed by atoms with Crippen molar-refractivity contribution in [3.05, 3.63) is 128 Å². The number of amides is 1. The molecule has 4 rings (SSSR count). The molecule has 0 atom stereocenters. The standard InChI is InChI=1S/C33H34Br2N2O3/c1-2-3-5-8-24-11-13-25(14-12-24)21-36-33(38)27-19-31(34)30(32(35)20-27)23-37(39)22-26-15-17-29(18-16-26)40-28-9-6-4-7-10-28/h4,6-7,9-20,39H,2-3,5,8,21-23H2,1H3,(H,36,38). The van der Waals surface area contributed by atoms with Crippen LogP contribution in [-0.4, -0.2) is 16.2 Å². The lowest BCUT2D eigenvalue weighted by atomic mass is 10.1. The molecule has 40 heavy (non-hydrogen) atoms. The quantitative estimate of drug-likeness (QED) is 0.110. The van der Waals surface area contributed by atoms with Crippen molar-refractivity contribution >= 4 is 37.8 Å². The highest BCUT2D eigenvalue weighted by Gasteiger charge is 2.15. The van der Waals surface area contributed by atoms with Gasteiger partial charge >= 0.3 is 0 Å². The number of nitrogens with one attached hydrogen (secondary N) is 1. The summed E-state index contributed by atoms with van der Waals surface area (Å²) in [6, 6.07) is 29.3. The minimum Gasteiger partial charge on any atom is -0.457 e. The van der Waals surface area contributed by atoms with Crippen molar-refractivity contribution in [2.75, 3.05) is 0 Å². The minimum atomic E-state index is -0.154. The Hall–Kier alpha value is -2.97. The zero-order valence-corrected chi connectivity index (χ0v) is 25.7. The third kappa shape index (κ3) is 9.03. The number of benzene rings is 4. The number of nitrogens with zero attached hydrogens (tertiary/aromatic N) is 1. The van der Waals surface area contributed by atoms with Crippen LogP contribution in [0.25, 0.3) is 0 Å². The molecule has 5 nitrogen and oxygen atoms in total. The number of hydrogen-bond donors (Lipinski definition) is 2. The van der Waals surface area contributed by atoms with E-state index < -0.39 is 0 Å². The van der Waals surface area contributed by atoms with Crippen molar-refractivity contribution in [2.45, 2.75) is 52.2 Å². The normalized spacial score (nSPS) is 11.0. The van der Waals surface area contributed by atoms with Gasteiger partial charge in [-0.3, -0.25) is 4.79 Å². The summed E-state index contributed by atoms with van der Waals surface area (Å²) >= 11 is 7.17. The van der Waals surface area contributed by atoms with Gasteiger partial charge in [-0.05, 0) is 71.5 Å². The van der Waals surface area contributed by atoms with Gasteiger partial charge < -0.3 is 15.3 Å². The summed E-state index contributed by atoms with van der Waals surface area (Å²) in [7, 11) is 0. The number of hydroxylamine groups is 2. The Bertz CT molecular complexity index is 1350. The number of carbonyl (C=O) groups excluding carboxylic acids is 1. The molecule has 0 heterocycles. The zero-order chi connectivity index (χ0) is 28.3. The topological polar surface area (TPSA) is 61.8 Å². The maximum atomic E-state index is 12.9. The fourth-order valence-corrected chi connectivity index (χ4v) is 5.75. The van der Waals surface area contributed by atoms with Crippen LogP contribution in [-0.2, 0) is 26.1 Å². The van der Waals surface area contributed by atoms with Crippen molar-refractivity contribution < 1.29 is 14.7 Å². The third-order valence-corrected chi connectivity index (χ3v) is 7.97. The van der Waals surface area contributed by atoms with Gasteiger partial charge in [0.05, 0.1) is 6.54 Å². The summed E-state index contributed by atoms with van der Waals surface area (Å²) in [5.41, 5.74) is 4.73. The van der Waals surface area contributed by atoms with Crippen molar-refractivity contribution in [1.82, 2.24) is 10.4 Å². The molecule has 0 saturated carbocycles. The van der Waals surface area contributed by atoms with E-state index >= 15 is 0 Å². The Morgan fingerprint density at radius 2 is 1.40 bits per heavy atom. The predicted octanol–water partition coefficient (Wildman–Crippen LogP) is 9.06. The summed E-state index contributed by atoms with van der Waals surface area (Å²) in [5, 5.41) is 14.9. The average Bonchev–Trinajstić information content (AvgIpc) is 2.96. The number of ether oxygens (including phenoxy) is 1. The first-order chi connectivity index (χ1) is 19.4. The molecule has 0 fully saturated rings. The number of para-hydroxylation sites is 1. The molecule has 0 aromatic heterocycles. The van der Waals surface area contributed by atoms with Crippen LogP contribution in [0.5, 0.6) is 11.5 Å². The lowest BCUT2D eigenvalue weighted by molar-refractivity contribution is -0.108. The highest BCUT2D eigenvalue weighted by Crippen LogP contribution is 2.29. The summed E-state index contributed by atoms with van der Waals surface area (Å²) in [4.78, 5) is 12.9. The van der Waals surface area contributed by atoms with Crippen LogP contribution in [0.4, 0.5) is 0 Å². The lowest BCUT2D eigenvalue weighted by Gasteiger charge is -2.18. The van der Waals surface area contributed by atoms with Crippen molar-refractivity contribution in [2.24, 2.45) is 0 Å². The first-order valence-corrected chi connectivity index (χ1v) is 15.1. The first kappa shape index (κ1) is 30.0. The van der Waals surface area contributed by atoms with E-state index in [1.165, 1.54) is 29.9 Å². The summed E-state index contributed by atoms with van der Waals surface area (Å²) in [5.74, 6) is 1.36. The van der Waals surface area contributed by atoms with Crippen LogP contribution < -0.4 is 10.1 Å². The monoisotopic (exact) mass is 664 g/mol. The van der Waals surface area contributed by atoms with Crippen LogP contribution in [0.15, 0.2) is 99.9 Å². The fourth-order valence-electron chi connectivity index (χ4n) is 4.31. The van der Waals surface area contributed by atoms with Gasteiger partial charge in [0.15, 0.2) is 0 Å². The molecule has 0 aliphatic carbocycles. The second-order valence-corrected chi connectivity index (χ2v) is 11.5. The van der Waals surface area contributed by atoms with E-state index in [0.717, 1.165) is 43.6 Å². The van der Waals surface area contributed by atoms with Crippen molar-refractivity contribution in [1.29, 1.82) is 0 Å². The van der Waals surface area contributed by atoms with Gasteiger partial charge in [-0.1, -0.05) is 106 Å². The van der Waals surface area contributed by atoms with Gasteiger partial charge in [0.2, 0.25) is 0 Å². The van der Waals surface area contributed by atoms with Gasteiger partial charge in [0, 0.05) is 27.6 Å². The lowest BCUT2D eigenvalue weighted by Crippen LogP contribution is -2.23. The maximum absolute atomic E-state index is 12.9. The Labute approximate surface area is 253 Å². The molecule has 1 amide bonds. The van der Waals surface area contributed by atoms with E-state index in [0.29, 0.717) is 18.7 Å². The number of carbonyl (C=O) groups is 1. The van der Waals surface area contributed by atoms with E-state index in [1.54, 1.807) is 12.1 Å². The van der Waals surface area contributed by atoms with E-state index in [4.69, 9.17) is 4.74 Å². The van der Waals surface area contributed by atoms with Crippen LogP contribution in [0.1, 0.15) is 58.8 Å². The molecule has 4 aromatic carbocycles. The molecule has 2 N–H and O–H groups in total. The molecule has 0 bridgehead atoms. The summed E-state index contributed by atoms with van der Waals surface area (Å²) in [6.45, 7) is 3.28. The molecule has 0 unspecified atom stereocenters. The molecule has 208 valence electrons. The smallest absolute Gasteiger partial charge is 0.251 e. The van der Waals surface area contributed by atoms with Gasteiger partial charge in [0.1, 0.15) is 11.5 Å². The Morgan fingerprint density at radius 1 is 0.800 bits per heavy atom. The van der Waals surface area contributed by atoms with Crippen molar-refractivity contribution in [3.8, 4) is 11.5 Å². The molecule has 7 heteroatoms. The number of unbranched alkanes of at least 4 members (excludes halogenated alkanes) is 2. The van der Waals surface area contributed by atoms with E-state index in [-0.39, 0.29) is 12.5 Å². The predicted molar refractivity (Wildman–Crippen MR) is 167 cm³/mol. The SMILES string of the molecule is CCCCCc1ccc(CNC(=O)c2cc(Br)c(CN(O)Cc3ccc(Oc4ccccc4)cc3)c(Br)c2)cc1. The van der Waals surface area contributed by atoms with Gasteiger partial charge in [-0.15, -0.1) is 0 Å². The maximum Gasteiger partial charge on any atom is 0.251 e. The first-order valence-electron chi connectivity index (χ1n) is 13.5. The summed E-state index contributed by atoms with van der Waals surface area (Å²) in [6.07, 6.45) is 4.77. The van der Waals surface area contributed by atoms with Crippen LogP contribution in [0, 0.1) is 0 Å². The average molecular weight is 666 g/mol. The molecule has 0 spiro atoms. The fraction of sp³-hybridized carbons (Fsp3) is 0.242. The second-order valence-electron chi connectivity index (χ2n) is 9.76. The molecule has 0 aliphatic rings. The zero-order valence-electron chi connectivity index (χ0n) is 22.6. The van der Waals surface area contributed by atoms with Crippen molar-refractivity contribution in [3.63, 3.8) is 0 Å². The number of rotatable bonds is 13. The van der Waals surface area contributed by atoms with Gasteiger partial charge in [-0.25, -0.2) is 0 Å². The van der Waals surface area contributed by atoms with E-state index in [1.807, 2.05) is 54.6 Å². The Kier molecular flexibility index (Phi) is 11.4. The molecule has 0 saturated heterocycles. The number of hydrogen-bond acceptors (Lipinski definition) is 4. The van der Waals surface area contributed by atoms with Crippen LogP contribution in [0.2, 0.25) is 0 Å². The van der Waals surface area contributed by atoms with Gasteiger partial charge in [0.25, 0.3) is 5.91 Å². The number of aryl methyl sites for hydroxylation is 1. The van der Waals surface area contributed by atoms with E-state index in [2.05, 4.69) is 68.4 Å². The Morgan fingerprint density at radius 3 is 2.05 bits per heavy atom. The highest BCUT2D eigenvalue weighted by atomic mass is 79.9. The number of halogens is 2. The molecular formula is C33H34Br2N2O3. The summed E-state index contributed by atoms with van der Waals surface area (Å²) < 4.78 is 7.33. The minimum absolute atomic E-state index is 0.154. The highest BCUT2D eigenvalue weighted by molar-refractivity contribution is 9.11. The molecular weight excluding hydrogens is 632 g/mol. The Balaban J connectivity index is 1.29. The molecule has 0 radical (unpaired) electrons. The second kappa shape index (κ2) is 15.1. The molecule has 0 aliphatic heterocycles. The van der Waals surface area contributed by atoms with Gasteiger partial charge in [-0.2, -0.15) is 5.06 Å². The van der Waals surface area contributed by atoms with Crippen LogP contribution >= 0.6 is 31.9 Å². The van der Waals surface area contributed by atoms with E-state index in [9.17, 15) is 10.0 Å². The third-order valence-electron chi connectivity index (χ3n) is 6.56. The largest absolute Gasteiger partial charge is 0.457 e. The van der Waals surface area contributed by atoms with Crippen LogP contribution in [0.3, 0.4) is 0 Å².